The van der Waals surface area contributed by atoms with Gasteiger partial charge in [-0.2, -0.15) is 0 Å². The second kappa shape index (κ2) is 16.1. The van der Waals surface area contributed by atoms with Gasteiger partial charge in [-0.25, -0.2) is 0 Å². The van der Waals surface area contributed by atoms with Gasteiger partial charge in [0.2, 0.25) is 0 Å². The second-order valence-electron chi connectivity index (χ2n) is 15.7. The molecular weight excluding hydrogens is 749 g/mol. The summed E-state index contributed by atoms with van der Waals surface area (Å²) in [4.78, 5) is 2.44. The molecule has 1 heterocycles. The molecule has 0 aliphatic carbocycles. The number of nitrogens with zero attached hydrogens (tertiary/aromatic N) is 2. The maximum Gasteiger partial charge on any atom is 0.0562 e. The first kappa shape index (κ1) is 36.8. The Hall–Kier alpha value is -8.20. The van der Waals surface area contributed by atoms with Crippen LogP contribution in [0.1, 0.15) is 0 Å². The van der Waals surface area contributed by atoms with Gasteiger partial charge in [0.25, 0.3) is 0 Å². The summed E-state index contributed by atoms with van der Waals surface area (Å²) in [6.45, 7) is 0. The molecule has 0 N–H and O–H groups in total. The van der Waals surface area contributed by atoms with Crippen LogP contribution in [0.4, 0.5) is 17.1 Å². The van der Waals surface area contributed by atoms with E-state index in [1.54, 1.807) is 0 Å². The van der Waals surface area contributed by atoms with Crippen molar-refractivity contribution < 1.29 is 0 Å². The molecular formula is C60H42N2. The summed E-state index contributed by atoms with van der Waals surface area (Å²) in [5, 5.41) is 2.40. The molecule has 0 fully saturated rings. The van der Waals surface area contributed by atoms with E-state index in [9.17, 15) is 0 Å². The van der Waals surface area contributed by atoms with Crippen LogP contribution in [0.2, 0.25) is 0 Å². The van der Waals surface area contributed by atoms with Crippen LogP contribution in [0.5, 0.6) is 0 Å². The number of fused-ring (bicyclic) bond motifs is 3. The summed E-state index contributed by atoms with van der Waals surface area (Å²) in [5.74, 6) is 0. The van der Waals surface area contributed by atoms with Gasteiger partial charge in [0, 0.05) is 27.7 Å². The molecule has 0 bridgehead atoms. The molecule has 2 heteroatoms. The van der Waals surface area contributed by atoms with E-state index in [1.165, 1.54) is 66.4 Å². The van der Waals surface area contributed by atoms with E-state index < -0.39 is 0 Å². The van der Waals surface area contributed by atoms with Crippen LogP contribution >= 0.6 is 0 Å². The third kappa shape index (κ3) is 6.74. The lowest BCUT2D eigenvalue weighted by molar-refractivity contribution is 1.18. The number of para-hydroxylation sites is 3. The second-order valence-corrected chi connectivity index (χ2v) is 15.7. The van der Waals surface area contributed by atoms with Gasteiger partial charge < -0.3 is 9.47 Å². The maximum atomic E-state index is 2.45. The van der Waals surface area contributed by atoms with Crippen LogP contribution in [-0.4, -0.2) is 4.57 Å². The maximum absolute atomic E-state index is 2.45. The Morgan fingerprint density at radius 2 is 0.742 bits per heavy atom. The molecule has 0 atom stereocenters. The van der Waals surface area contributed by atoms with E-state index in [2.05, 4.69) is 264 Å². The fourth-order valence-corrected chi connectivity index (χ4v) is 9.09. The zero-order valence-electron chi connectivity index (χ0n) is 34.1. The first-order valence-corrected chi connectivity index (χ1v) is 21.3. The normalized spacial score (nSPS) is 11.2. The highest BCUT2D eigenvalue weighted by molar-refractivity contribution is 6.17. The van der Waals surface area contributed by atoms with E-state index in [1.807, 2.05) is 0 Å². The Balaban J connectivity index is 1.12. The van der Waals surface area contributed by atoms with Crippen LogP contribution in [0, 0.1) is 0 Å². The lowest BCUT2D eigenvalue weighted by Crippen LogP contribution is -2.10. The lowest BCUT2D eigenvalue weighted by Gasteiger charge is -2.28. The molecule has 0 spiro atoms. The lowest BCUT2D eigenvalue weighted by atomic mass is 9.91. The van der Waals surface area contributed by atoms with Gasteiger partial charge in [0.15, 0.2) is 0 Å². The van der Waals surface area contributed by atoms with Crippen molar-refractivity contribution in [3.05, 3.63) is 255 Å². The molecule has 0 radical (unpaired) electrons. The standard InChI is InChI=1S/C60H42N2/c1-5-18-43(19-6-1)45-32-36-48(37-33-45)52-41-40-51(42-55(52)49-38-34-46(35-39-49)44-20-7-2-8-21-44)61(50-24-11-4-12-25-50)58-30-17-31-59-60(58)54-27-14-16-29-57(54)62(59)56-28-15-13-26-53(56)47-22-9-3-10-23-47/h1-42H. The fraction of sp³-hybridized carbons (Fsp3) is 0. The Labute approximate surface area is 362 Å². The van der Waals surface area contributed by atoms with E-state index in [0.717, 1.165) is 33.8 Å². The van der Waals surface area contributed by atoms with Crippen molar-refractivity contribution in [2.24, 2.45) is 0 Å². The van der Waals surface area contributed by atoms with Gasteiger partial charge in [-0.1, -0.05) is 206 Å². The minimum atomic E-state index is 1.08. The first-order chi connectivity index (χ1) is 30.8. The summed E-state index contributed by atoms with van der Waals surface area (Å²) in [6.07, 6.45) is 0. The van der Waals surface area contributed by atoms with Gasteiger partial charge in [0.1, 0.15) is 0 Å². The number of hydrogen-bond donors (Lipinski definition) is 0. The molecule has 11 aromatic rings. The smallest absolute Gasteiger partial charge is 0.0562 e. The van der Waals surface area contributed by atoms with E-state index in [-0.39, 0.29) is 0 Å². The Kier molecular flexibility index (Phi) is 9.57. The monoisotopic (exact) mass is 790 g/mol. The van der Waals surface area contributed by atoms with E-state index >= 15 is 0 Å². The van der Waals surface area contributed by atoms with Crippen molar-refractivity contribution in [3.8, 4) is 61.3 Å². The van der Waals surface area contributed by atoms with Gasteiger partial charge in [-0.15, -0.1) is 0 Å². The number of anilines is 3. The summed E-state index contributed by atoms with van der Waals surface area (Å²) < 4.78 is 2.45. The van der Waals surface area contributed by atoms with Crippen molar-refractivity contribution in [1.82, 2.24) is 4.57 Å². The zero-order valence-corrected chi connectivity index (χ0v) is 34.1. The van der Waals surface area contributed by atoms with Gasteiger partial charge in [0.05, 0.1) is 22.4 Å². The molecule has 2 nitrogen and oxygen atoms in total. The number of hydrogen-bond acceptors (Lipinski definition) is 1. The molecule has 0 aliphatic rings. The van der Waals surface area contributed by atoms with Crippen LogP contribution in [0.3, 0.4) is 0 Å². The molecule has 0 unspecified atom stereocenters. The Morgan fingerprint density at radius 1 is 0.274 bits per heavy atom. The van der Waals surface area contributed by atoms with Gasteiger partial charge in [-0.05, 0) is 98.6 Å². The van der Waals surface area contributed by atoms with E-state index in [0.29, 0.717) is 0 Å². The SMILES string of the molecule is c1ccc(-c2ccc(-c3ccc(N(c4ccccc4)c4cccc5c4c4ccccc4n5-c4ccccc4-c4ccccc4)cc3-c3ccc(-c4ccccc4)cc3)cc2)cc1. The average molecular weight is 791 g/mol. The highest BCUT2D eigenvalue weighted by Crippen LogP contribution is 2.46. The molecule has 0 amide bonds. The number of rotatable bonds is 9. The van der Waals surface area contributed by atoms with Crippen LogP contribution in [-0.2, 0) is 0 Å². The van der Waals surface area contributed by atoms with Crippen LogP contribution in [0.25, 0.3) is 83.1 Å². The van der Waals surface area contributed by atoms with Crippen molar-refractivity contribution >= 4 is 38.9 Å². The predicted molar refractivity (Wildman–Crippen MR) is 263 cm³/mol. The average Bonchev–Trinajstić information content (AvgIpc) is 3.70. The zero-order chi connectivity index (χ0) is 41.2. The minimum absolute atomic E-state index is 1.08. The summed E-state index contributed by atoms with van der Waals surface area (Å²) >= 11 is 0. The third-order valence-electron chi connectivity index (χ3n) is 12.0. The van der Waals surface area contributed by atoms with Crippen LogP contribution < -0.4 is 4.90 Å². The molecule has 11 rings (SSSR count). The van der Waals surface area contributed by atoms with Crippen molar-refractivity contribution in [2.75, 3.05) is 4.90 Å². The van der Waals surface area contributed by atoms with E-state index in [4.69, 9.17) is 0 Å². The number of aromatic nitrogens is 1. The largest absolute Gasteiger partial charge is 0.310 e. The van der Waals surface area contributed by atoms with Crippen molar-refractivity contribution in [3.63, 3.8) is 0 Å². The molecule has 1 aromatic heterocycles. The first-order valence-electron chi connectivity index (χ1n) is 21.3. The number of benzene rings is 10. The minimum Gasteiger partial charge on any atom is -0.310 e. The Morgan fingerprint density at radius 3 is 1.39 bits per heavy atom. The molecule has 0 saturated heterocycles. The summed E-state index contributed by atoms with van der Waals surface area (Å²) in [7, 11) is 0. The summed E-state index contributed by atoms with van der Waals surface area (Å²) in [5.41, 5.74) is 18.6. The highest BCUT2D eigenvalue weighted by atomic mass is 15.1. The van der Waals surface area contributed by atoms with Crippen molar-refractivity contribution in [1.29, 1.82) is 0 Å². The van der Waals surface area contributed by atoms with Gasteiger partial charge >= 0.3 is 0 Å². The molecule has 292 valence electrons. The molecule has 10 aromatic carbocycles. The predicted octanol–water partition coefficient (Wildman–Crippen LogP) is 16.6. The van der Waals surface area contributed by atoms with Crippen molar-refractivity contribution in [2.45, 2.75) is 0 Å². The van der Waals surface area contributed by atoms with Gasteiger partial charge in [-0.3, -0.25) is 0 Å². The molecule has 0 aliphatic heterocycles. The highest BCUT2D eigenvalue weighted by Gasteiger charge is 2.23. The quantitative estimate of drug-likeness (QED) is 0.141. The topological polar surface area (TPSA) is 8.17 Å². The molecule has 62 heavy (non-hydrogen) atoms. The fourth-order valence-electron chi connectivity index (χ4n) is 9.09. The van der Waals surface area contributed by atoms with Crippen LogP contribution in [0.15, 0.2) is 255 Å². The Bertz CT molecular complexity index is 3300. The molecule has 0 saturated carbocycles. The third-order valence-corrected chi connectivity index (χ3v) is 12.0. The summed E-state index contributed by atoms with van der Waals surface area (Å²) in [6, 6.07) is 92.1.